The van der Waals surface area contributed by atoms with Crippen LogP contribution >= 0.6 is 11.6 Å². The van der Waals surface area contributed by atoms with E-state index in [1.54, 1.807) is 18.2 Å². The molecule has 5 rings (SSSR count). The lowest BCUT2D eigenvalue weighted by atomic mass is 10.1. The van der Waals surface area contributed by atoms with Crippen molar-refractivity contribution in [2.24, 2.45) is 9.36 Å². The summed E-state index contributed by atoms with van der Waals surface area (Å²) in [7, 11) is -2.73. The number of hydrogen-bond acceptors (Lipinski definition) is 5. The number of amidine groups is 1. The molecule has 7 nitrogen and oxygen atoms in total. The molecular formula is C25H23ClFN5O2S. The minimum absolute atomic E-state index is 0.394. The molecule has 1 N–H and O–H groups in total. The van der Waals surface area contributed by atoms with E-state index < -0.39 is 21.5 Å². The summed E-state index contributed by atoms with van der Waals surface area (Å²) in [4.78, 5) is 19.5. The predicted octanol–water partition coefficient (Wildman–Crippen LogP) is 5.90. The number of carbonyl (C=O) groups is 1. The summed E-state index contributed by atoms with van der Waals surface area (Å²) in [6.07, 6.45) is 0. The summed E-state index contributed by atoms with van der Waals surface area (Å²) in [6.45, 7) is 3.40. The molecule has 0 spiro atoms. The first-order valence-electron chi connectivity index (χ1n) is 11.1. The van der Waals surface area contributed by atoms with Gasteiger partial charge in [0.25, 0.3) is 5.91 Å². The van der Waals surface area contributed by atoms with E-state index >= 15 is 0 Å². The number of nitrogens with one attached hydrogen (secondary N) is 1. The normalized spacial score (nSPS) is 17.2. The van der Waals surface area contributed by atoms with Gasteiger partial charge in [0.05, 0.1) is 5.56 Å². The number of aliphatic imine (C=N–C) groups is 1. The lowest BCUT2D eigenvalue weighted by Gasteiger charge is -2.38. The van der Waals surface area contributed by atoms with Gasteiger partial charge in [-0.05, 0) is 54.6 Å². The van der Waals surface area contributed by atoms with Gasteiger partial charge >= 0.3 is 0 Å². The summed E-state index contributed by atoms with van der Waals surface area (Å²) < 4.78 is 34.9. The Balaban J connectivity index is 1.48. The minimum Gasteiger partial charge on any atom is -0.454 e. The molecule has 2 aliphatic rings. The van der Waals surface area contributed by atoms with Crippen LogP contribution in [0.25, 0.3) is 0 Å². The second-order valence-electron chi connectivity index (χ2n) is 8.17. The fraction of sp³-hybridized carbons (Fsp3) is 0.200. The lowest BCUT2D eigenvalue weighted by molar-refractivity contribution is -0.115. The van der Waals surface area contributed by atoms with E-state index in [9.17, 15) is 9.18 Å². The van der Waals surface area contributed by atoms with Crippen molar-refractivity contribution in [1.29, 1.82) is 4.78 Å². The van der Waals surface area contributed by atoms with Gasteiger partial charge in [-0.2, -0.15) is 4.36 Å². The number of nitrogens with zero attached hydrogens (tertiary/aromatic N) is 4. The molecule has 1 unspecified atom stereocenters. The third kappa shape index (κ3) is 4.67. The monoisotopic (exact) mass is 511 g/mol. The number of para-hydroxylation sites is 2. The topological polar surface area (TPSA) is 81.4 Å². The molecule has 3 aromatic rings. The fourth-order valence-electron chi connectivity index (χ4n) is 4.17. The maximum absolute atomic E-state index is 13.5. The smallest absolute Gasteiger partial charge is 0.250 e. The molecule has 1 amide bonds. The maximum Gasteiger partial charge on any atom is 0.250 e. The van der Waals surface area contributed by atoms with Crippen LogP contribution in [-0.2, 0) is 14.6 Å². The Morgan fingerprint density at radius 1 is 1.06 bits per heavy atom. The summed E-state index contributed by atoms with van der Waals surface area (Å²) in [5.41, 5.74) is 1.51. The zero-order chi connectivity index (χ0) is 24.6. The number of amides is 1. The minimum atomic E-state index is -2.73. The van der Waals surface area contributed by atoms with E-state index in [2.05, 4.69) is 9.26 Å². The van der Waals surface area contributed by atoms with Gasteiger partial charge in [0.1, 0.15) is 23.1 Å². The number of piperazine rings is 1. The number of benzene rings is 3. The highest BCUT2D eigenvalue weighted by Gasteiger charge is 2.29. The third-order valence-corrected chi connectivity index (χ3v) is 8.61. The Bertz CT molecular complexity index is 1440. The number of ether oxygens (including phenoxy) is 1. The first kappa shape index (κ1) is 23.5. The van der Waals surface area contributed by atoms with Crippen molar-refractivity contribution in [2.75, 3.05) is 26.2 Å². The molecule has 2 aliphatic heterocycles. The Hall–Kier alpha value is -3.27. The summed E-state index contributed by atoms with van der Waals surface area (Å²) >= 11 is 6.33. The number of carbonyl (C=O) groups excluding carboxylic acids is 1. The van der Waals surface area contributed by atoms with Crippen molar-refractivity contribution in [3.05, 3.63) is 83.1 Å². The molecule has 1 atom stereocenters. The van der Waals surface area contributed by atoms with E-state index in [0.717, 1.165) is 17.1 Å². The number of hydrogen-bond donors (Lipinski definition) is 1. The summed E-state index contributed by atoms with van der Waals surface area (Å²) in [5, 5.41) is 0.579. The summed E-state index contributed by atoms with van der Waals surface area (Å²) in [6, 6.07) is 18.7. The van der Waals surface area contributed by atoms with Gasteiger partial charge in [0.15, 0.2) is 5.75 Å². The Morgan fingerprint density at radius 3 is 2.49 bits per heavy atom. The predicted molar refractivity (Wildman–Crippen MR) is 135 cm³/mol. The molecule has 35 heavy (non-hydrogen) atoms. The standard InChI is InChI=1S/C25H23ClFN5O2S/c1-17(33)30-35(28,20-9-7-19(27)8-10-20)32-14-12-31(13-15-32)25-21-16-18(26)6-11-23(21)34-24-5-3-2-4-22(24)29-25/h2-11,16,28H,12-15H2,1H3. The second kappa shape index (κ2) is 9.41. The SMILES string of the molecule is CC(=O)N=S(=N)(c1ccc(F)cc1)N1CCN(C2=Nc3ccccc3Oc3ccc(Cl)cc32)CC1. The molecule has 0 bridgehead atoms. The van der Waals surface area contributed by atoms with Gasteiger partial charge in [-0.15, -0.1) is 0 Å². The van der Waals surface area contributed by atoms with Crippen LogP contribution in [0.3, 0.4) is 0 Å². The van der Waals surface area contributed by atoms with Gasteiger partial charge in [-0.1, -0.05) is 23.7 Å². The van der Waals surface area contributed by atoms with Crippen LogP contribution in [0.1, 0.15) is 12.5 Å². The molecule has 2 heterocycles. The van der Waals surface area contributed by atoms with Gasteiger partial charge in [0, 0.05) is 52.8 Å². The van der Waals surface area contributed by atoms with Crippen LogP contribution in [0.15, 0.2) is 81.0 Å². The molecule has 1 saturated heterocycles. The molecule has 1 fully saturated rings. The molecule has 0 saturated carbocycles. The lowest BCUT2D eigenvalue weighted by Crippen LogP contribution is -2.50. The van der Waals surface area contributed by atoms with Crippen molar-refractivity contribution in [2.45, 2.75) is 11.8 Å². The van der Waals surface area contributed by atoms with Crippen LogP contribution in [0, 0.1) is 10.6 Å². The number of rotatable bonds is 2. The van der Waals surface area contributed by atoms with E-state index in [0.29, 0.717) is 47.6 Å². The van der Waals surface area contributed by atoms with Gasteiger partial charge in [-0.3, -0.25) is 9.57 Å². The molecule has 0 radical (unpaired) electrons. The average Bonchev–Trinajstić information content (AvgIpc) is 3.00. The van der Waals surface area contributed by atoms with Crippen LogP contribution in [-0.4, -0.2) is 47.1 Å². The van der Waals surface area contributed by atoms with Crippen molar-refractivity contribution >= 4 is 38.8 Å². The maximum atomic E-state index is 13.5. The zero-order valence-electron chi connectivity index (χ0n) is 18.9. The first-order valence-corrected chi connectivity index (χ1v) is 13.0. The van der Waals surface area contributed by atoms with E-state index in [-0.39, 0.29) is 0 Å². The highest BCUT2D eigenvalue weighted by Crippen LogP contribution is 2.39. The van der Waals surface area contributed by atoms with Crippen LogP contribution in [0.5, 0.6) is 11.5 Å². The molecule has 0 aliphatic carbocycles. The molecule has 0 aromatic heterocycles. The van der Waals surface area contributed by atoms with E-state index in [4.69, 9.17) is 26.1 Å². The molecule has 3 aromatic carbocycles. The largest absolute Gasteiger partial charge is 0.454 e. The van der Waals surface area contributed by atoms with Crippen LogP contribution < -0.4 is 4.74 Å². The van der Waals surface area contributed by atoms with Crippen molar-refractivity contribution in [1.82, 2.24) is 9.21 Å². The van der Waals surface area contributed by atoms with Crippen molar-refractivity contribution in [3.8, 4) is 11.5 Å². The van der Waals surface area contributed by atoms with Gasteiger partial charge in [-0.25, -0.2) is 13.7 Å². The van der Waals surface area contributed by atoms with Crippen molar-refractivity contribution < 1.29 is 13.9 Å². The molecule has 180 valence electrons. The number of halogens is 2. The quantitative estimate of drug-likeness (QED) is 0.464. The first-order chi connectivity index (χ1) is 16.8. The zero-order valence-corrected chi connectivity index (χ0v) is 20.5. The summed E-state index contributed by atoms with van der Waals surface area (Å²) in [5.74, 6) is 1.25. The Kier molecular flexibility index (Phi) is 6.31. The van der Waals surface area contributed by atoms with Gasteiger partial charge in [0.2, 0.25) is 0 Å². The Labute approximate surface area is 208 Å². The fourth-order valence-corrected chi connectivity index (χ4v) is 6.44. The van der Waals surface area contributed by atoms with E-state index in [1.807, 2.05) is 40.7 Å². The third-order valence-electron chi connectivity index (χ3n) is 5.81. The van der Waals surface area contributed by atoms with E-state index in [1.165, 1.54) is 19.1 Å². The van der Waals surface area contributed by atoms with Gasteiger partial charge < -0.3 is 9.64 Å². The molecule has 10 heteroatoms. The highest BCUT2D eigenvalue weighted by atomic mass is 35.5. The Morgan fingerprint density at radius 2 is 1.77 bits per heavy atom. The molecular weight excluding hydrogens is 489 g/mol. The number of fused-ring (bicyclic) bond motifs is 2. The van der Waals surface area contributed by atoms with Crippen LogP contribution in [0.4, 0.5) is 10.1 Å². The van der Waals surface area contributed by atoms with Crippen molar-refractivity contribution in [3.63, 3.8) is 0 Å². The average molecular weight is 512 g/mol. The van der Waals surface area contributed by atoms with Crippen LogP contribution in [0.2, 0.25) is 5.02 Å². The second-order valence-corrected chi connectivity index (χ2v) is 10.9. The highest BCUT2D eigenvalue weighted by molar-refractivity contribution is 7.92.